The Kier molecular flexibility index (Phi) is 11.2. The molecule has 0 spiro atoms. The standard InChI is InChI=1S/C27H24O7.C7H6O2/c28-25(19-10-4-1-5-11-19)31-18-23-16-22(33-26(29)20-12-6-2-7-13-20)17-24(32-23)34-27(30)21-14-8-3-9-15-21;8-7(9)6-4-2-1-3-5-6/h1-15,22-24H,16-18H2;1-5H,(H,8,9). The van der Waals surface area contributed by atoms with E-state index in [1.54, 1.807) is 121 Å². The van der Waals surface area contributed by atoms with Crippen LogP contribution >= 0.6 is 0 Å². The van der Waals surface area contributed by atoms with Crippen LogP contribution in [0.4, 0.5) is 0 Å². The summed E-state index contributed by atoms with van der Waals surface area (Å²) in [5.41, 5.74) is 1.54. The summed E-state index contributed by atoms with van der Waals surface area (Å²) in [6.45, 7) is -0.0769. The third-order valence-electron chi connectivity index (χ3n) is 6.29. The fourth-order valence-corrected chi connectivity index (χ4v) is 4.17. The van der Waals surface area contributed by atoms with Crippen LogP contribution < -0.4 is 0 Å². The maximum atomic E-state index is 12.6. The molecule has 0 saturated carbocycles. The highest BCUT2D eigenvalue weighted by atomic mass is 16.7. The number of hydrogen-bond donors (Lipinski definition) is 1. The average molecular weight is 583 g/mol. The Bertz CT molecular complexity index is 1410. The summed E-state index contributed by atoms with van der Waals surface area (Å²) in [7, 11) is 0. The van der Waals surface area contributed by atoms with Crippen molar-refractivity contribution in [1.82, 2.24) is 0 Å². The Morgan fingerprint density at radius 2 is 1.00 bits per heavy atom. The van der Waals surface area contributed by atoms with Crippen LogP contribution in [0.3, 0.4) is 0 Å². The normalized spacial score (nSPS) is 17.3. The molecular formula is C34H30O9. The Morgan fingerprint density at radius 1 is 0.581 bits per heavy atom. The molecule has 5 rings (SSSR count). The van der Waals surface area contributed by atoms with Crippen molar-refractivity contribution in [2.45, 2.75) is 31.3 Å². The van der Waals surface area contributed by atoms with E-state index in [9.17, 15) is 19.2 Å². The number of carbonyl (C=O) groups is 4. The molecule has 1 N–H and O–H groups in total. The first-order valence-electron chi connectivity index (χ1n) is 13.6. The minimum Gasteiger partial charge on any atom is -0.478 e. The van der Waals surface area contributed by atoms with Crippen LogP contribution in [0.25, 0.3) is 0 Å². The fraction of sp³-hybridized carbons (Fsp3) is 0.176. The van der Waals surface area contributed by atoms with Crippen molar-refractivity contribution in [2.75, 3.05) is 6.61 Å². The van der Waals surface area contributed by atoms with E-state index in [1.165, 1.54) is 0 Å². The number of ether oxygens (including phenoxy) is 4. The van der Waals surface area contributed by atoms with Gasteiger partial charge in [0.1, 0.15) is 12.7 Å². The Morgan fingerprint density at radius 3 is 1.44 bits per heavy atom. The Hall–Kier alpha value is -5.28. The number of benzene rings is 4. The number of carboxylic acids is 1. The van der Waals surface area contributed by atoms with Gasteiger partial charge in [0.05, 0.1) is 28.4 Å². The van der Waals surface area contributed by atoms with Gasteiger partial charge < -0.3 is 24.1 Å². The minimum absolute atomic E-state index is 0.0769. The molecule has 4 aromatic rings. The highest BCUT2D eigenvalue weighted by molar-refractivity contribution is 5.90. The Balaban J connectivity index is 0.000000403. The van der Waals surface area contributed by atoms with Crippen LogP contribution in [0.2, 0.25) is 0 Å². The second kappa shape index (κ2) is 15.6. The van der Waals surface area contributed by atoms with Crippen molar-refractivity contribution >= 4 is 23.9 Å². The predicted molar refractivity (Wildman–Crippen MR) is 156 cm³/mol. The van der Waals surface area contributed by atoms with Crippen molar-refractivity contribution in [2.24, 2.45) is 0 Å². The molecule has 1 saturated heterocycles. The summed E-state index contributed by atoms with van der Waals surface area (Å²) in [4.78, 5) is 47.6. The van der Waals surface area contributed by atoms with Gasteiger partial charge in [0, 0.05) is 12.8 Å². The van der Waals surface area contributed by atoms with Crippen molar-refractivity contribution in [3.05, 3.63) is 144 Å². The first-order chi connectivity index (χ1) is 20.9. The van der Waals surface area contributed by atoms with Gasteiger partial charge in [0.2, 0.25) is 6.29 Å². The highest BCUT2D eigenvalue weighted by Gasteiger charge is 2.35. The molecule has 220 valence electrons. The summed E-state index contributed by atoms with van der Waals surface area (Å²) in [6, 6.07) is 34.0. The van der Waals surface area contributed by atoms with Crippen LogP contribution in [0.5, 0.6) is 0 Å². The van der Waals surface area contributed by atoms with Gasteiger partial charge in [-0.05, 0) is 48.5 Å². The van der Waals surface area contributed by atoms with Crippen molar-refractivity contribution < 1.29 is 43.2 Å². The second-order valence-electron chi connectivity index (χ2n) is 9.46. The maximum Gasteiger partial charge on any atom is 0.340 e. The van der Waals surface area contributed by atoms with E-state index in [4.69, 9.17) is 24.1 Å². The van der Waals surface area contributed by atoms with E-state index < -0.39 is 42.4 Å². The summed E-state index contributed by atoms with van der Waals surface area (Å²) < 4.78 is 22.5. The van der Waals surface area contributed by atoms with E-state index in [-0.39, 0.29) is 13.0 Å². The molecule has 0 radical (unpaired) electrons. The lowest BCUT2D eigenvalue weighted by molar-refractivity contribution is -0.198. The number of rotatable bonds is 8. The number of esters is 3. The van der Waals surface area contributed by atoms with Gasteiger partial charge >= 0.3 is 23.9 Å². The van der Waals surface area contributed by atoms with Crippen molar-refractivity contribution in [3.8, 4) is 0 Å². The zero-order valence-corrected chi connectivity index (χ0v) is 23.1. The number of carbonyl (C=O) groups excluding carboxylic acids is 3. The highest BCUT2D eigenvalue weighted by Crippen LogP contribution is 2.25. The molecule has 1 aliphatic rings. The molecule has 9 heteroatoms. The third-order valence-corrected chi connectivity index (χ3v) is 6.29. The molecule has 1 aliphatic heterocycles. The van der Waals surface area contributed by atoms with Gasteiger partial charge in [-0.15, -0.1) is 0 Å². The van der Waals surface area contributed by atoms with Crippen LogP contribution in [-0.4, -0.2) is 54.1 Å². The monoisotopic (exact) mass is 582 g/mol. The molecule has 0 amide bonds. The smallest absolute Gasteiger partial charge is 0.340 e. The van der Waals surface area contributed by atoms with Gasteiger partial charge in [-0.2, -0.15) is 0 Å². The molecule has 43 heavy (non-hydrogen) atoms. The second-order valence-corrected chi connectivity index (χ2v) is 9.46. The molecule has 9 nitrogen and oxygen atoms in total. The van der Waals surface area contributed by atoms with Gasteiger partial charge in [-0.25, -0.2) is 19.2 Å². The summed E-state index contributed by atoms with van der Waals surface area (Å²) in [6.07, 6.45) is -1.71. The van der Waals surface area contributed by atoms with Crippen LogP contribution in [0.15, 0.2) is 121 Å². The van der Waals surface area contributed by atoms with Crippen LogP contribution in [0, 0.1) is 0 Å². The number of aromatic carboxylic acids is 1. The largest absolute Gasteiger partial charge is 0.478 e. The third kappa shape index (κ3) is 9.65. The van der Waals surface area contributed by atoms with E-state index in [2.05, 4.69) is 0 Å². The first kappa shape index (κ1) is 30.7. The van der Waals surface area contributed by atoms with E-state index in [0.717, 1.165) is 0 Å². The lowest BCUT2D eigenvalue weighted by atomic mass is 10.0. The van der Waals surface area contributed by atoms with Gasteiger partial charge in [0.25, 0.3) is 0 Å². The van der Waals surface area contributed by atoms with Gasteiger partial charge in [0.15, 0.2) is 0 Å². The summed E-state index contributed by atoms with van der Waals surface area (Å²) in [5.74, 6) is -2.41. The van der Waals surface area contributed by atoms with Crippen LogP contribution in [0.1, 0.15) is 54.3 Å². The predicted octanol–water partition coefficient (Wildman–Crippen LogP) is 5.82. The minimum atomic E-state index is -0.963. The Labute approximate surface area is 248 Å². The first-order valence-corrected chi connectivity index (χ1v) is 13.6. The molecule has 1 heterocycles. The summed E-state index contributed by atoms with van der Waals surface area (Å²) in [5, 5.41) is 8.38. The molecule has 3 atom stereocenters. The van der Waals surface area contributed by atoms with E-state index in [1.807, 2.05) is 0 Å². The maximum absolute atomic E-state index is 12.6. The molecule has 0 bridgehead atoms. The van der Waals surface area contributed by atoms with Gasteiger partial charge in [-0.3, -0.25) is 0 Å². The average Bonchev–Trinajstić information content (AvgIpc) is 3.05. The zero-order valence-electron chi connectivity index (χ0n) is 23.1. The lowest BCUT2D eigenvalue weighted by Gasteiger charge is -2.34. The van der Waals surface area contributed by atoms with Crippen molar-refractivity contribution in [1.29, 1.82) is 0 Å². The fourth-order valence-electron chi connectivity index (χ4n) is 4.17. The molecular weight excluding hydrogens is 552 g/mol. The van der Waals surface area contributed by atoms with Crippen molar-refractivity contribution in [3.63, 3.8) is 0 Å². The summed E-state index contributed by atoms with van der Waals surface area (Å²) >= 11 is 0. The molecule has 4 aromatic carbocycles. The molecule has 1 fully saturated rings. The number of carboxylic acid groups (broad SMARTS) is 1. The number of hydrogen-bond acceptors (Lipinski definition) is 8. The zero-order chi connectivity index (χ0) is 30.4. The van der Waals surface area contributed by atoms with E-state index >= 15 is 0 Å². The SMILES string of the molecule is O=C(O)c1ccccc1.O=C(OCC1CC(OC(=O)c2ccccc2)CC(OC(=O)c2ccccc2)O1)c1ccccc1. The quantitative estimate of drug-likeness (QED) is 0.202. The van der Waals surface area contributed by atoms with Crippen LogP contribution in [-0.2, 0) is 18.9 Å². The van der Waals surface area contributed by atoms with E-state index in [0.29, 0.717) is 28.7 Å². The molecule has 3 unspecified atom stereocenters. The molecule has 0 aromatic heterocycles. The van der Waals surface area contributed by atoms with Gasteiger partial charge in [-0.1, -0.05) is 72.8 Å². The topological polar surface area (TPSA) is 125 Å². The molecule has 0 aliphatic carbocycles. The lowest BCUT2D eigenvalue weighted by Crippen LogP contribution is -2.42.